The Hall–Kier alpha value is -2.54. The predicted molar refractivity (Wildman–Crippen MR) is 93.8 cm³/mol. The molecule has 24 heavy (non-hydrogen) atoms. The van der Waals surface area contributed by atoms with Crippen molar-refractivity contribution in [2.24, 2.45) is 0 Å². The lowest BCUT2D eigenvalue weighted by Crippen LogP contribution is -2.17. The lowest BCUT2D eigenvalue weighted by Gasteiger charge is -2.20. The highest BCUT2D eigenvalue weighted by atomic mass is 79.9. The highest BCUT2D eigenvalue weighted by Crippen LogP contribution is 2.38. The number of amides is 2. The third kappa shape index (κ3) is 3.68. The Morgan fingerprint density at radius 2 is 1.62 bits per heavy atom. The average Bonchev–Trinajstić information content (AvgIpc) is 2.55. The van der Waals surface area contributed by atoms with Gasteiger partial charge in [0, 0.05) is 34.8 Å². The quantitative estimate of drug-likeness (QED) is 0.841. The van der Waals surface area contributed by atoms with E-state index >= 15 is 0 Å². The molecule has 0 saturated carbocycles. The molecule has 0 bridgehead atoms. The van der Waals surface area contributed by atoms with E-state index in [-0.39, 0.29) is 11.8 Å². The number of ether oxygens (including phenoxy) is 2. The van der Waals surface area contributed by atoms with E-state index in [4.69, 9.17) is 9.47 Å². The molecular formula is C17H15BrN2O4. The zero-order valence-electron chi connectivity index (χ0n) is 12.9. The molecule has 3 rings (SSSR count). The molecule has 0 unspecified atom stereocenters. The third-order valence-corrected chi connectivity index (χ3v) is 4.00. The maximum atomic E-state index is 12.4. The number of rotatable bonds is 3. The number of nitrogens with one attached hydrogen (secondary N) is 2. The van der Waals surface area contributed by atoms with E-state index in [1.54, 1.807) is 36.4 Å². The molecule has 0 saturated heterocycles. The van der Waals surface area contributed by atoms with Crippen LogP contribution in [0.5, 0.6) is 11.5 Å². The molecular weight excluding hydrogens is 376 g/mol. The van der Waals surface area contributed by atoms with E-state index in [1.165, 1.54) is 6.92 Å². The van der Waals surface area contributed by atoms with Crippen molar-refractivity contribution in [1.82, 2.24) is 0 Å². The topological polar surface area (TPSA) is 76.7 Å². The maximum Gasteiger partial charge on any atom is 0.255 e. The van der Waals surface area contributed by atoms with Gasteiger partial charge in [0.15, 0.2) is 11.5 Å². The minimum Gasteiger partial charge on any atom is -0.486 e. The van der Waals surface area contributed by atoms with Crippen LogP contribution in [0.2, 0.25) is 0 Å². The van der Waals surface area contributed by atoms with E-state index in [0.717, 1.165) is 0 Å². The predicted octanol–water partition coefficient (Wildman–Crippen LogP) is 3.43. The molecule has 6 nitrogen and oxygen atoms in total. The van der Waals surface area contributed by atoms with Gasteiger partial charge in [-0.1, -0.05) is 0 Å². The normalized spacial score (nSPS) is 12.4. The molecule has 0 fully saturated rings. The van der Waals surface area contributed by atoms with Gasteiger partial charge in [0.1, 0.15) is 13.2 Å². The Kier molecular flexibility index (Phi) is 4.71. The summed E-state index contributed by atoms with van der Waals surface area (Å²) < 4.78 is 11.7. The Morgan fingerprint density at radius 1 is 1.00 bits per heavy atom. The summed E-state index contributed by atoms with van der Waals surface area (Å²) in [4.78, 5) is 23.4. The smallest absolute Gasteiger partial charge is 0.255 e. The fraction of sp³-hybridized carbons (Fsp3) is 0.176. The first-order valence-electron chi connectivity index (χ1n) is 7.31. The van der Waals surface area contributed by atoms with Gasteiger partial charge in [-0.05, 0) is 40.2 Å². The van der Waals surface area contributed by atoms with Gasteiger partial charge >= 0.3 is 0 Å². The molecule has 0 aromatic heterocycles. The minimum atomic E-state index is -0.262. The SMILES string of the molecule is CC(=O)Nc1ccc(C(=O)Nc2cc3c(cc2Br)OCCO3)cc1. The molecule has 0 spiro atoms. The molecule has 1 heterocycles. The first-order chi connectivity index (χ1) is 11.5. The number of carbonyl (C=O) groups excluding carboxylic acids is 2. The average molecular weight is 391 g/mol. The van der Waals surface area contributed by atoms with Gasteiger partial charge in [0.2, 0.25) is 5.91 Å². The van der Waals surface area contributed by atoms with Crippen LogP contribution in [-0.4, -0.2) is 25.0 Å². The van der Waals surface area contributed by atoms with Crippen molar-refractivity contribution >= 4 is 39.1 Å². The largest absolute Gasteiger partial charge is 0.486 e. The summed E-state index contributed by atoms with van der Waals surface area (Å²) in [6, 6.07) is 10.1. The Labute approximate surface area is 147 Å². The first kappa shape index (κ1) is 16.3. The van der Waals surface area contributed by atoms with Crippen LogP contribution in [0.25, 0.3) is 0 Å². The Morgan fingerprint density at radius 3 is 2.25 bits per heavy atom. The molecule has 0 aliphatic carbocycles. The molecule has 2 N–H and O–H groups in total. The van der Waals surface area contributed by atoms with Crippen molar-refractivity contribution in [3.63, 3.8) is 0 Å². The molecule has 0 atom stereocenters. The van der Waals surface area contributed by atoms with Crippen LogP contribution < -0.4 is 20.1 Å². The Bertz CT molecular complexity index is 790. The summed E-state index contributed by atoms with van der Waals surface area (Å²) in [6.45, 7) is 2.42. The van der Waals surface area contributed by atoms with Crippen LogP contribution in [0.3, 0.4) is 0 Å². The van der Waals surface area contributed by atoms with E-state index in [0.29, 0.717) is 46.1 Å². The summed E-state index contributed by atoms with van der Waals surface area (Å²) >= 11 is 3.42. The number of hydrogen-bond donors (Lipinski definition) is 2. The second-order valence-electron chi connectivity index (χ2n) is 5.19. The van der Waals surface area contributed by atoms with Crippen LogP contribution in [0.15, 0.2) is 40.9 Å². The second-order valence-corrected chi connectivity index (χ2v) is 6.04. The number of halogens is 1. The standard InChI is InChI=1S/C17H15BrN2O4/c1-10(21)19-12-4-2-11(3-5-12)17(22)20-14-9-16-15(8-13(14)18)23-6-7-24-16/h2-5,8-9H,6-7H2,1H3,(H,19,21)(H,20,22). The van der Waals surface area contributed by atoms with Crippen LogP contribution in [0.4, 0.5) is 11.4 Å². The van der Waals surface area contributed by atoms with Gasteiger partial charge in [-0.3, -0.25) is 9.59 Å². The molecule has 1 aliphatic heterocycles. The van der Waals surface area contributed by atoms with Crippen molar-refractivity contribution in [3.8, 4) is 11.5 Å². The zero-order chi connectivity index (χ0) is 17.1. The number of carbonyl (C=O) groups is 2. The number of hydrogen-bond acceptors (Lipinski definition) is 4. The molecule has 7 heteroatoms. The second kappa shape index (κ2) is 6.92. The molecule has 1 aliphatic rings. The van der Waals surface area contributed by atoms with Crippen LogP contribution >= 0.6 is 15.9 Å². The number of benzene rings is 2. The van der Waals surface area contributed by atoms with Crippen molar-refractivity contribution in [3.05, 3.63) is 46.4 Å². The minimum absolute atomic E-state index is 0.160. The lowest BCUT2D eigenvalue weighted by molar-refractivity contribution is -0.114. The molecule has 2 aromatic carbocycles. The van der Waals surface area contributed by atoms with Gasteiger partial charge in [-0.15, -0.1) is 0 Å². The third-order valence-electron chi connectivity index (χ3n) is 3.35. The van der Waals surface area contributed by atoms with Crippen LogP contribution in [0, 0.1) is 0 Å². The van der Waals surface area contributed by atoms with Gasteiger partial charge in [0.25, 0.3) is 5.91 Å². The van der Waals surface area contributed by atoms with E-state index < -0.39 is 0 Å². The molecule has 2 aromatic rings. The molecule has 2 amide bonds. The summed E-state index contributed by atoms with van der Waals surface area (Å²) in [5.74, 6) is 0.820. The summed E-state index contributed by atoms with van der Waals surface area (Å²) in [5, 5.41) is 5.48. The van der Waals surface area contributed by atoms with Crippen LogP contribution in [0.1, 0.15) is 17.3 Å². The fourth-order valence-electron chi connectivity index (χ4n) is 2.26. The van der Waals surface area contributed by atoms with Crippen molar-refractivity contribution in [2.75, 3.05) is 23.8 Å². The Balaban J connectivity index is 1.76. The van der Waals surface area contributed by atoms with E-state index in [1.807, 2.05) is 0 Å². The van der Waals surface area contributed by atoms with E-state index in [2.05, 4.69) is 26.6 Å². The maximum absolute atomic E-state index is 12.4. The number of fused-ring (bicyclic) bond motifs is 1. The summed E-state index contributed by atoms with van der Waals surface area (Å²) in [6.07, 6.45) is 0. The van der Waals surface area contributed by atoms with Crippen molar-refractivity contribution in [1.29, 1.82) is 0 Å². The summed E-state index contributed by atoms with van der Waals surface area (Å²) in [5.41, 5.74) is 1.71. The first-order valence-corrected chi connectivity index (χ1v) is 8.10. The highest BCUT2D eigenvalue weighted by molar-refractivity contribution is 9.10. The summed E-state index contributed by atoms with van der Waals surface area (Å²) in [7, 11) is 0. The lowest BCUT2D eigenvalue weighted by atomic mass is 10.2. The highest BCUT2D eigenvalue weighted by Gasteiger charge is 2.16. The molecule has 0 radical (unpaired) electrons. The zero-order valence-corrected chi connectivity index (χ0v) is 14.5. The van der Waals surface area contributed by atoms with E-state index in [9.17, 15) is 9.59 Å². The number of anilines is 2. The van der Waals surface area contributed by atoms with Gasteiger partial charge in [-0.25, -0.2) is 0 Å². The fourth-order valence-corrected chi connectivity index (χ4v) is 2.68. The van der Waals surface area contributed by atoms with Gasteiger partial charge < -0.3 is 20.1 Å². The van der Waals surface area contributed by atoms with Gasteiger partial charge in [0.05, 0.1) is 5.69 Å². The van der Waals surface area contributed by atoms with Crippen molar-refractivity contribution in [2.45, 2.75) is 6.92 Å². The monoisotopic (exact) mass is 390 g/mol. The van der Waals surface area contributed by atoms with Crippen LogP contribution in [-0.2, 0) is 4.79 Å². The molecule has 124 valence electrons. The van der Waals surface area contributed by atoms with Crippen molar-refractivity contribution < 1.29 is 19.1 Å². The van der Waals surface area contributed by atoms with Gasteiger partial charge in [-0.2, -0.15) is 0 Å².